The lowest BCUT2D eigenvalue weighted by Crippen LogP contribution is -2.32. The van der Waals surface area contributed by atoms with E-state index < -0.39 is 0 Å². The van der Waals surface area contributed by atoms with Gasteiger partial charge < -0.3 is 11.1 Å². The minimum absolute atomic E-state index is 0.0283. The summed E-state index contributed by atoms with van der Waals surface area (Å²) < 4.78 is 0. The summed E-state index contributed by atoms with van der Waals surface area (Å²) in [5.74, 6) is 0.183. The zero-order valence-corrected chi connectivity index (χ0v) is 6.99. The van der Waals surface area contributed by atoms with Gasteiger partial charge in [0, 0.05) is 12.1 Å². The molecule has 1 fully saturated rings. The molecule has 3 N–H and O–H groups in total. The smallest absolute Gasteiger partial charge is 0.227 e. The van der Waals surface area contributed by atoms with Crippen molar-refractivity contribution >= 4 is 5.91 Å². The topological polar surface area (TPSA) is 55.1 Å². The third kappa shape index (κ3) is 1.67. The molecule has 0 heterocycles. The van der Waals surface area contributed by atoms with Gasteiger partial charge in [-0.1, -0.05) is 12.2 Å². The molecule has 12 heavy (non-hydrogen) atoms. The van der Waals surface area contributed by atoms with E-state index >= 15 is 0 Å². The van der Waals surface area contributed by atoms with Gasteiger partial charge in [0.25, 0.3) is 0 Å². The molecule has 0 bridgehead atoms. The molecule has 0 aromatic rings. The highest BCUT2D eigenvalue weighted by Crippen LogP contribution is 2.22. The van der Waals surface area contributed by atoms with Crippen LogP contribution in [0.4, 0.5) is 0 Å². The van der Waals surface area contributed by atoms with Crippen molar-refractivity contribution in [2.45, 2.75) is 31.3 Å². The van der Waals surface area contributed by atoms with Crippen LogP contribution >= 0.6 is 0 Å². The molecule has 0 aliphatic heterocycles. The summed E-state index contributed by atoms with van der Waals surface area (Å²) in [7, 11) is 0. The van der Waals surface area contributed by atoms with E-state index in [1.807, 2.05) is 12.2 Å². The van der Waals surface area contributed by atoms with Gasteiger partial charge in [0.1, 0.15) is 0 Å². The summed E-state index contributed by atoms with van der Waals surface area (Å²) in [6.45, 7) is 0. The molecule has 2 aliphatic rings. The molecule has 0 spiro atoms. The Hall–Kier alpha value is -0.830. The van der Waals surface area contributed by atoms with Crippen molar-refractivity contribution in [3.05, 3.63) is 12.2 Å². The van der Waals surface area contributed by atoms with E-state index in [1.165, 1.54) is 0 Å². The van der Waals surface area contributed by atoms with E-state index in [0.29, 0.717) is 6.04 Å². The van der Waals surface area contributed by atoms with Crippen LogP contribution in [0.5, 0.6) is 0 Å². The largest absolute Gasteiger partial charge is 0.353 e. The molecule has 1 saturated carbocycles. The quantitative estimate of drug-likeness (QED) is 0.574. The summed E-state index contributed by atoms with van der Waals surface area (Å²) in [6, 6.07) is 0.544. The van der Waals surface area contributed by atoms with Crippen LogP contribution in [0.15, 0.2) is 12.2 Å². The number of hydrogen-bond donors (Lipinski definition) is 2. The minimum atomic E-state index is 0.0283. The third-order valence-corrected chi connectivity index (χ3v) is 2.38. The Morgan fingerprint density at radius 1 is 1.42 bits per heavy atom. The van der Waals surface area contributed by atoms with E-state index in [1.54, 1.807) is 0 Å². The third-order valence-electron chi connectivity index (χ3n) is 2.38. The van der Waals surface area contributed by atoms with Crippen LogP contribution < -0.4 is 11.1 Å². The van der Waals surface area contributed by atoms with E-state index in [4.69, 9.17) is 5.73 Å². The fourth-order valence-electron chi connectivity index (χ4n) is 1.46. The first kappa shape index (κ1) is 7.80. The highest BCUT2D eigenvalue weighted by atomic mass is 16.2. The molecule has 2 aliphatic carbocycles. The van der Waals surface area contributed by atoms with Gasteiger partial charge >= 0.3 is 0 Å². The average Bonchev–Trinajstić information content (AvgIpc) is 2.72. The van der Waals surface area contributed by atoms with E-state index in [9.17, 15) is 4.79 Å². The molecule has 2 atom stereocenters. The maximum atomic E-state index is 11.4. The van der Waals surface area contributed by atoms with Crippen LogP contribution in [-0.2, 0) is 4.79 Å². The second-order valence-electron chi connectivity index (χ2n) is 3.67. The Kier molecular flexibility index (Phi) is 1.89. The van der Waals surface area contributed by atoms with Gasteiger partial charge in [0.2, 0.25) is 5.91 Å². The van der Waals surface area contributed by atoms with Gasteiger partial charge in [-0.2, -0.15) is 0 Å². The Balaban J connectivity index is 1.83. The highest BCUT2D eigenvalue weighted by molar-refractivity contribution is 5.81. The van der Waals surface area contributed by atoms with Gasteiger partial charge in [0.15, 0.2) is 0 Å². The molecule has 2 unspecified atom stereocenters. The summed E-state index contributed by atoms with van der Waals surface area (Å²) in [5, 5.41) is 2.97. The first-order valence-electron chi connectivity index (χ1n) is 4.50. The van der Waals surface area contributed by atoms with Crippen LogP contribution in [-0.4, -0.2) is 18.0 Å². The Bertz CT molecular complexity index is 221. The fourth-order valence-corrected chi connectivity index (χ4v) is 1.46. The Labute approximate surface area is 72.0 Å². The molecule has 0 aromatic heterocycles. The fraction of sp³-hybridized carbons (Fsp3) is 0.667. The van der Waals surface area contributed by atoms with Crippen LogP contribution in [0, 0.1) is 5.92 Å². The zero-order chi connectivity index (χ0) is 8.55. The normalized spacial score (nSPS) is 33.8. The first-order valence-corrected chi connectivity index (χ1v) is 4.50. The van der Waals surface area contributed by atoms with Crippen molar-refractivity contribution in [2.24, 2.45) is 11.7 Å². The van der Waals surface area contributed by atoms with Crippen molar-refractivity contribution in [2.75, 3.05) is 0 Å². The molecule has 0 aromatic carbocycles. The van der Waals surface area contributed by atoms with Crippen LogP contribution in [0.3, 0.4) is 0 Å². The monoisotopic (exact) mass is 166 g/mol. The van der Waals surface area contributed by atoms with Crippen LogP contribution in [0.1, 0.15) is 19.3 Å². The predicted octanol–water partition coefficient (Wildman–Crippen LogP) is 0.168. The van der Waals surface area contributed by atoms with Gasteiger partial charge in [-0.15, -0.1) is 0 Å². The second kappa shape index (κ2) is 2.90. The molecule has 3 nitrogen and oxygen atoms in total. The van der Waals surface area contributed by atoms with Gasteiger partial charge in [-0.05, 0) is 19.3 Å². The van der Waals surface area contributed by atoms with Gasteiger partial charge in [-0.3, -0.25) is 4.79 Å². The van der Waals surface area contributed by atoms with Crippen molar-refractivity contribution in [1.82, 2.24) is 5.32 Å². The minimum Gasteiger partial charge on any atom is -0.353 e. The lowest BCUT2D eigenvalue weighted by Gasteiger charge is -2.08. The standard InChI is InChI=1S/C9H14N2O/c10-7-2-1-6(5-7)9(12)11-8-3-4-8/h1-2,6-8H,3-5,10H2,(H,11,12). The number of amides is 1. The number of carbonyl (C=O) groups is 1. The molecular formula is C9H14N2O. The van der Waals surface area contributed by atoms with Crippen molar-refractivity contribution in [1.29, 1.82) is 0 Å². The molecule has 2 rings (SSSR count). The Morgan fingerprint density at radius 2 is 2.17 bits per heavy atom. The van der Waals surface area contributed by atoms with Gasteiger partial charge in [-0.25, -0.2) is 0 Å². The second-order valence-corrected chi connectivity index (χ2v) is 3.67. The number of hydrogen-bond acceptors (Lipinski definition) is 2. The van der Waals surface area contributed by atoms with Crippen molar-refractivity contribution in [3.63, 3.8) is 0 Å². The first-order chi connectivity index (χ1) is 5.75. The summed E-state index contributed by atoms with van der Waals surface area (Å²) in [4.78, 5) is 11.4. The molecule has 66 valence electrons. The summed E-state index contributed by atoms with van der Waals surface area (Å²) in [5.41, 5.74) is 5.64. The van der Waals surface area contributed by atoms with Crippen molar-refractivity contribution in [3.8, 4) is 0 Å². The van der Waals surface area contributed by atoms with E-state index in [0.717, 1.165) is 19.3 Å². The van der Waals surface area contributed by atoms with Crippen LogP contribution in [0.25, 0.3) is 0 Å². The number of carbonyl (C=O) groups excluding carboxylic acids is 1. The number of rotatable bonds is 2. The van der Waals surface area contributed by atoms with E-state index in [2.05, 4.69) is 5.32 Å². The van der Waals surface area contributed by atoms with Crippen LogP contribution in [0.2, 0.25) is 0 Å². The summed E-state index contributed by atoms with van der Waals surface area (Å²) >= 11 is 0. The lowest BCUT2D eigenvalue weighted by molar-refractivity contribution is -0.123. The van der Waals surface area contributed by atoms with E-state index in [-0.39, 0.29) is 17.9 Å². The molecule has 1 amide bonds. The SMILES string of the molecule is NC1C=CC(C(=O)NC2CC2)C1. The highest BCUT2D eigenvalue weighted by Gasteiger charge is 2.28. The molecule has 0 saturated heterocycles. The zero-order valence-electron chi connectivity index (χ0n) is 6.99. The Morgan fingerprint density at radius 3 is 2.67 bits per heavy atom. The average molecular weight is 166 g/mol. The molecule has 3 heteroatoms. The predicted molar refractivity (Wildman–Crippen MR) is 46.4 cm³/mol. The molecular weight excluding hydrogens is 152 g/mol. The molecule has 0 radical (unpaired) electrons. The maximum absolute atomic E-state index is 11.4. The summed E-state index contributed by atoms with van der Waals surface area (Å²) in [6.07, 6.45) is 6.90. The number of nitrogens with two attached hydrogens (primary N) is 1. The van der Waals surface area contributed by atoms with Crippen molar-refractivity contribution < 1.29 is 4.79 Å². The lowest BCUT2D eigenvalue weighted by atomic mass is 10.1. The van der Waals surface area contributed by atoms with Gasteiger partial charge in [0.05, 0.1) is 5.92 Å². The number of nitrogens with one attached hydrogen (secondary N) is 1. The maximum Gasteiger partial charge on any atom is 0.227 e.